The van der Waals surface area contributed by atoms with Crippen LogP contribution in [0.5, 0.6) is 0 Å². The Labute approximate surface area is 112 Å². The van der Waals surface area contributed by atoms with E-state index in [1.807, 2.05) is 4.73 Å². The fourth-order valence-corrected chi connectivity index (χ4v) is 2.34. The lowest BCUT2D eigenvalue weighted by molar-refractivity contribution is -0.899. The Kier molecular flexibility index (Phi) is 6.77. The van der Waals surface area contributed by atoms with Crippen LogP contribution in [0, 0.1) is 20.8 Å². The van der Waals surface area contributed by atoms with E-state index >= 15 is 0 Å². The van der Waals surface area contributed by atoms with E-state index in [1.165, 1.54) is 49.1 Å². The minimum Gasteiger partial charge on any atom is -0.271 e. The van der Waals surface area contributed by atoms with Gasteiger partial charge in [0, 0.05) is 30.7 Å². The van der Waals surface area contributed by atoms with E-state index in [2.05, 4.69) is 39.8 Å². The van der Waals surface area contributed by atoms with E-state index in [0.717, 1.165) is 13.0 Å². The van der Waals surface area contributed by atoms with Gasteiger partial charge in [-0.2, -0.15) is 0 Å². The van der Waals surface area contributed by atoms with Gasteiger partial charge in [-0.15, -0.1) is 0 Å². The number of pyridine rings is 1. The molecule has 0 aromatic carbocycles. The topological polar surface area (TPSA) is 13.1 Å². The summed E-state index contributed by atoms with van der Waals surface area (Å²) in [6.07, 6.45) is 7.83. The van der Waals surface area contributed by atoms with Crippen LogP contribution in [0.15, 0.2) is 12.1 Å². The molecule has 1 aromatic heterocycles. The van der Waals surface area contributed by atoms with Crippen molar-refractivity contribution in [2.75, 3.05) is 6.61 Å². The summed E-state index contributed by atoms with van der Waals surface area (Å²) in [4.78, 5) is 5.85. The maximum atomic E-state index is 5.85. The van der Waals surface area contributed by atoms with Crippen molar-refractivity contribution in [2.45, 2.75) is 66.2 Å². The average molecular weight is 250 g/mol. The standard InChI is InChI=1S/C16H28NO/c1-5-6-7-8-9-10-11-18-17-15(3)12-14(2)13-16(17)4/h12-13H,5-11H2,1-4H3/q+1. The molecule has 0 atom stereocenters. The van der Waals surface area contributed by atoms with Crippen molar-refractivity contribution >= 4 is 0 Å². The SMILES string of the molecule is CCCCCCCCO[n+]1c(C)cc(C)cc1C. The highest BCUT2D eigenvalue weighted by atomic mass is 16.7. The predicted octanol–water partition coefficient (Wildman–Crippen LogP) is 3.69. The van der Waals surface area contributed by atoms with Gasteiger partial charge in [0.1, 0.15) is 0 Å². The van der Waals surface area contributed by atoms with E-state index < -0.39 is 0 Å². The van der Waals surface area contributed by atoms with Gasteiger partial charge in [-0.25, -0.2) is 0 Å². The Balaban J connectivity index is 2.27. The molecule has 0 radical (unpaired) electrons. The fraction of sp³-hybridized carbons (Fsp3) is 0.688. The first-order valence-electron chi connectivity index (χ1n) is 7.28. The summed E-state index contributed by atoms with van der Waals surface area (Å²) >= 11 is 0. The summed E-state index contributed by atoms with van der Waals surface area (Å²) in [6.45, 7) is 9.39. The smallest absolute Gasteiger partial charge is 0.231 e. The van der Waals surface area contributed by atoms with Crippen molar-refractivity contribution in [1.29, 1.82) is 0 Å². The minimum atomic E-state index is 0.821. The molecule has 1 heterocycles. The van der Waals surface area contributed by atoms with Gasteiger partial charge in [0.25, 0.3) is 0 Å². The summed E-state index contributed by atoms with van der Waals surface area (Å²) in [5.41, 5.74) is 3.65. The Morgan fingerprint density at radius 3 is 2.06 bits per heavy atom. The zero-order valence-corrected chi connectivity index (χ0v) is 12.5. The lowest BCUT2D eigenvalue weighted by Gasteiger charge is -2.04. The Bertz CT molecular complexity index is 337. The predicted molar refractivity (Wildman–Crippen MR) is 75.7 cm³/mol. The summed E-state index contributed by atoms with van der Waals surface area (Å²) in [7, 11) is 0. The second kappa shape index (κ2) is 8.12. The number of hydrogen-bond donors (Lipinski definition) is 0. The van der Waals surface area contributed by atoms with Gasteiger partial charge in [-0.1, -0.05) is 32.6 Å². The molecule has 0 fully saturated rings. The van der Waals surface area contributed by atoms with Crippen molar-refractivity contribution in [3.8, 4) is 0 Å². The molecule has 0 saturated heterocycles. The van der Waals surface area contributed by atoms with E-state index in [4.69, 9.17) is 4.84 Å². The van der Waals surface area contributed by atoms with Gasteiger partial charge < -0.3 is 0 Å². The molecule has 0 aliphatic heterocycles. The third kappa shape index (κ3) is 5.07. The fourth-order valence-electron chi connectivity index (χ4n) is 2.34. The highest BCUT2D eigenvalue weighted by Crippen LogP contribution is 2.04. The second-order valence-corrected chi connectivity index (χ2v) is 5.21. The normalized spacial score (nSPS) is 10.7. The minimum absolute atomic E-state index is 0.821. The van der Waals surface area contributed by atoms with Crippen molar-refractivity contribution in [2.24, 2.45) is 0 Å². The van der Waals surface area contributed by atoms with Gasteiger partial charge >= 0.3 is 0 Å². The third-order valence-electron chi connectivity index (χ3n) is 3.23. The molecular formula is C16H28NO+. The summed E-state index contributed by atoms with van der Waals surface area (Å²) in [5, 5.41) is 0. The zero-order chi connectivity index (χ0) is 13.4. The lowest BCUT2D eigenvalue weighted by Crippen LogP contribution is -2.48. The van der Waals surface area contributed by atoms with Gasteiger partial charge in [-0.05, 0) is 25.3 Å². The molecular weight excluding hydrogens is 222 g/mol. The molecule has 2 heteroatoms. The molecule has 1 rings (SSSR count). The van der Waals surface area contributed by atoms with Crippen molar-refractivity contribution < 1.29 is 9.57 Å². The van der Waals surface area contributed by atoms with Gasteiger partial charge in [0.05, 0.1) is 0 Å². The van der Waals surface area contributed by atoms with Crippen LogP contribution in [-0.4, -0.2) is 6.61 Å². The number of hydrogen-bond acceptors (Lipinski definition) is 1. The molecule has 0 aliphatic carbocycles. The quantitative estimate of drug-likeness (QED) is 0.506. The highest BCUT2D eigenvalue weighted by Gasteiger charge is 2.13. The second-order valence-electron chi connectivity index (χ2n) is 5.21. The Morgan fingerprint density at radius 2 is 1.44 bits per heavy atom. The van der Waals surface area contributed by atoms with Crippen LogP contribution >= 0.6 is 0 Å². The first-order chi connectivity index (χ1) is 8.65. The number of rotatable bonds is 8. The van der Waals surface area contributed by atoms with Gasteiger partial charge in [0.15, 0.2) is 6.61 Å². The van der Waals surface area contributed by atoms with Crippen LogP contribution < -0.4 is 9.57 Å². The van der Waals surface area contributed by atoms with Crippen LogP contribution in [0.3, 0.4) is 0 Å². The largest absolute Gasteiger partial charge is 0.271 e. The third-order valence-corrected chi connectivity index (χ3v) is 3.23. The molecule has 102 valence electrons. The molecule has 0 bridgehead atoms. The maximum absolute atomic E-state index is 5.85. The van der Waals surface area contributed by atoms with Crippen LogP contribution in [-0.2, 0) is 0 Å². The van der Waals surface area contributed by atoms with E-state index in [-0.39, 0.29) is 0 Å². The molecule has 0 saturated carbocycles. The number of aromatic nitrogens is 1. The molecule has 0 amide bonds. The molecule has 2 nitrogen and oxygen atoms in total. The van der Waals surface area contributed by atoms with Crippen LogP contribution in [0.4, 0.5) is 0 Å². The molecule has 18 heavy (non-hydrogen) atoms. The van der Waals surface area contributed by atoms with Crippen molar-refractivity contribution in [3.63, 3.8) is 0 Å². The summed E-state index contributed by atoms with van der Waals surface area (Å²) in [6, 6.07) is 4.32. The lowest BCUT2D eigenvalue weighted by atomic mass is 10.1. The van der Waals surface area contributed by atoms with E-state index in [0.29, 0.717) is 0 Å². The number of nitrogens with zero attached hydrogens (tertiary/aromatic N) is 1. The van der Waals surface area contributed by atoms with Crippen molar-refractivity contribution in [3.05, 3.63) is 29.1 Å². The first kappa shape index (κ1) is 15.0. The Hall–Kier alpha value is -1.05. The number of aryl methyl sites for hydroxylation is 3. The monoisotopic (exact) mass is 250 g/mol. The molecule has 0 aliphatic rings. The van der Waals surface area contributed by atoms with E-state index in [1.54, 1.807) is 0 Å². The average Bonchev–Trinajstić information content (AvgIpc) is 2.30. The molecule has 0 N–H and O–H groups in total. The van der Waals surface area contributed by atoms with E-state index in [9.17, 15) is 0 Å². The zero-order valence-electron chi connectivity index (χ0n) is 12.5. The van der Waals surface area contributed by atoms with Crippen LogP contribution in [0.1, 0.15) is 62.4 Å². The van der Waals surface area contributed by atoms with Gasteiger partial charge in [-0.3, -0.25) is 4.84 Å². The summed E-state index contributed by atoms with van der Waals surface area (Å²) in [5.74, 6) is 0. The van der Waals surface area contributed by atoms with Gasteiger partial charge in [0.2, 0.25) is 11.4 Å². The molecule has 1 aromatic rings. The first-order valence-corrected chi connectivity index (χ1v) is 7.28. The molecule has 0 spiro atoms. The maximum Gasteiger partial charge on any atom is 0.231 e. The highest BCUT2D eigenvalue weighted by molar-refractivity contribution is 5.13. The Morgan fingerprint density at radius 1 is 0.889 bits per heavy atom. The molecule has 0 unspecified atom stereocenters. The summed E-state index contributed by atoms with van der Waals surface area (Å²) < 4.78 is 1.96. The van der Waals surface area contributed by atoms with Crippen LogP contribution in [0.2, 0.25) is 0 Å². The van der Waals surface area contributed by atoms with Crippen molar-refractivity contribution in [1.82, 2.24) is 0 Å². The number of unbranched alkanes of at least 4 members (excludes halogenated alkanes) is 5. The van der Waals surface area contributed by atoms with Crippen LogP contribution in [0.25, 0.3) is 0 Å².